The number of carbonyl (C=O) groups excluding carboxylic acids is 1. The molecule has 4 heteroatoms. The summed E-state index contributed by atoms with van der Waals surface area (Å²) < 4.78 is 2.05. The molecule has 0 bridgehead atoms. The zero-order chi connectivity index (χ0) is 14.8. The van der Waals surface area contributed by atoms with E-state index < -0.39 is 0 Å². The number of hydrogen-bond acceptors (Lipinski definition) is 2. The first-order chi connectivity index (χ1) is 10.1. The molecule has 0 spiro atoms. The molecule has 0 radical (unpaired) electrons. The quantitative estimate of drug-likeness (QED) is 0.873. The second-order valence-corrected chi connectivity index (χ2v) is 6.97. The lowest BCUT2D eigenvalue weighted by Crippen LogP contribution is -2.28. The van der Waals surface area contributed by atoms with Crippen molar-refractivity contribution in [2.75, 3.05) is 12.3 Å². The van der Waals surface area contributed by atoms with E-state index in [4.69, 9.17) is 5.73 Å². The Kier molecular flexibility index (Phi) is 4.22. The number of amides is 1. The normalized spacial score (nSPS) is 25.8. The first-order valence-corrected chi connectivity index (χ1v) is 8.39. The molecular weight excluding hydrogens is 262 g/mol. The molecule has 2 fully saturated rings. The third-order valence-corrected chi connectivity index (χ3v) is 5.02. The summed E-state index contributed by atoms with van der Waals surface area (Å²) in [5, 5.41) is 3.08. The van der Waals surface area contributed by atoms with Crippen LogP contribution in [-0.2, 0) is 0 Å². The molecular formula is C17H27N3O. The Morgan fingerprint density at radius 1 is 1.29 bits per heavy atom. The second-order valence-electron chi connectivity index (χ2n) is 6.97. The Labute approximate surface area is 127 Å². The minimum atomic E-state index is 0.0303. The third kappa shape index (κ3) is 3.60. The van der Waals surface area contributed by atoms with Gasteiger partial charge in [0.05, 0.1) is 5.69 Å². The van der Waals surface area contributed by atoms with Crippen LogP contribution in [0.25, 0.3) is 0 Å². The third-order valence-electron chi connectivity index (χ3n) is 5.02. The Balaban J connectivity index is 1.48. The lowest BCUT2D eigenvalue weighted by Gasteiger charge is -2.26. The zero-order valence-electron chi connectivity index (χ0n) is 13.0. The number of carbonyl (C=O) groups is 1. The van der Waals surface area contributed by atoms with Crippen LogP contribution in [0.5, 0.6) is 0 Å². The van der Waals surface area contributed by atoms with Gasteiger partial charge < -0.3 is 15.6 Å². The number of nitrogens with two attached hydrogens (primary N) is 1. The predicted octanol–water partition coefficient (Wildman–Crippen LogP) is 3.35. The molecule has 0 unspecified atom stereocenters. The SMILES string of the molecule is CC1CCC(CCNC(=O)c2cc(N)cn2C2CC2)CC1. The standard InChI is InChI=1S/C17H27N3O/c1-12-2-4-13(5-3-12)8-9-19-17(21)16-10-14(18)11-20(16)15-6-7-15/h10-13,15H,2-9,18H2,1H3,(H,19,21). The summed E-state index contributed by atoms with van der Waals surface area (Å²) in [5.74, 6) is 1.71. The molecule has 0 aliphatic heterocycles. The van der Waals surface area contributed by atoms with Gasteiger partial charge in [0.15, 0.2) is 0 Å². The molecule has 1 amide bonds. The molecule has 3 N–H and O–H groups in total. The van der Waals surface area contributed by atoms with Gasteiger partial charge in [0, 0.05) is 18.8 Å². The first-order valence-electron chi connectivity index (χ1n) is 8.39. The van der Waals surface area contributed by atoms with Crippen molar-refractivity contribution in [3.63, 3.8) is 0 Å². The molecule has 4 nitrogen and oxygen atoms in total. The van der Waals surface area contributed by atoms with Crippen molar-refractivity contribution < 1.29 is 4.79 Å². The van der Waals surface area contributed by atoms with Crippen LogP contribution in [0.2, 0.25) is 0 Å². The van der Waals surface area contributed by atoms with E-state index in [1.165, 1.54) is 25.7 Å². The Bertz CT molecular complexity index is 496. The maximum atomic E-state index is 12.3. The molecule has 0 saturated heterocycles. The largest absolute Gasteiger partial charge is 0.397 e. The molecule has 116 valence electrons. The van der Waals surface area contributed by atoms with Crippen LogP contribution in [0.15, 0.2) is 12.3 Å². The van der Waals surface area contributed by atoms with Crippen LogP contribution in [0.4, 0.5) is 5.69 Å². The first kappa shape index (κ1) is 14.5. The van der Waals surface area contributed by atoms with E-state index in [0.29, 0.717) is 11.7 Å². The van der Waals surface area contributed by atoms with E-state index in [2.05, 4.69) is 12.2 Å². The van der Waals surface area contributed by atoms with Crippen LogP contribution >= 0.6 is 0 Å². The van der Waals surface area contributed by atoms with Crippen molar-refractivity contribution in [3.8, 4) is 0 Å². The van der Waals surface area contributed by atoms with Gasteiger partial charge in [-0.2, -0.15) is 0 Å². The van der Waals surface area contributed by atoms with Gasteiger partial charge in [0.1, 0.15) is 5.69 Å². The Morgan fingerprint density at radius 2 is 2.00 bits per heavy atom. The van der Waals surface area contributed by atoms with E-state index in [1.54, 1.807) is 6.07 Å². The molecule has 2 aliphatic rings. The number of anilines is 1. The van der Waals surface area contributed by atoms with Gasteiger partial charge in [-0.3, -0.25) is 4.79 Å². The van der Waals surface area contributed by atoms with Gasteiger partial charge in [0.25, 0.3) is 5.91 Å². The van der Waals surface area contributed by atoms with Gasteiger partial charge in [-0.15, -0.1) is 0 Å². The number of rotatable bonds is 5. The number of aromatic nitrogens is 1. The summed E-state index contributed by atoms with van der Waals surface area (Å²) in [6.45, 7) is 3.13. The molecule has 0 aromatic carbocycles. The average Bonchev–Trinajstić information content (AvgIpc) is 3.23. The van der Waals surface area contributed by atoms with Crippen molar-refractivity contribution in [2.45, 2.75) is 57.9 Å². The maximum Gasteiger partial charge on any atom is 0.267 e. The monoisotopic (exact) mass is 289 g/mol. The average molecular weight is 289 g/mol. The summed E-state index contributed by atoms with van der Waals surface area (Å²) in [6.07, 6.45) is 10.7. The predicted molar refractivity (Wildman–Crippen MR) is 85.2 cm³/mol. The molecule has 2 saturated carbocycles. The highest BCUT2D eigenvalue weighted by atomic mass is 16.1. The summed E-state index contributed by atoms with van der Waals surface area (Å²) in [5.41, 5.74) is 7.26. The number of nitrogens with zero attached hydrogens (tertiary/aromatic N) is 1. The number of hydrogen-bond donors (Lipinski definition) is 2. The van der Waals surface area contributed by atoms with E-state index in [1.807, 2.05) is 10.8 Å². The molecule has 2 aliphatic carbocycles. The van der Waals surface area contributed by atoms with Gasteiger partial charge in [-0.05, 0) is 37.2 Å². The summed E-state index contributed by atoms with van der Waals surface area (Å²) in [4.78, 5) is 12.3. The Hall–Kier alpha value is -1.45. The van der Waals surface area contributed by atoms with Gasteiger partial charge in [-0.1, -0.05) is 32.6 Å². The minimum absolute atomic E-state index is 0.0303. The van der Waals surface area contributed by atoms with Crippen LogP contribution < -0.4 is 11.1 Å². The lowest BCUT2D eigenvalue weighted by atomic mass is 9.81. The highest BCUT2D eigenvalue weighted by molar-refractivity contribution is 5.93. The highest BCUT2D eigenvalue weighted by Crippen LogP contribution is 2.37. The Morgan fingerprint density at radius 3 is 2.67 bits per heavy atom. The van der Waals surface area contributed by atoms with E-state index in [9.17, 15) is 4.79 Å². The van der Waals surface area contributed by atoms with E-state index in [0.717, 1.165) is 43.3 Å². The fourth-order valence-electron chi connectivity index (χ4n) is 3.44. The maximum absolute atomic E-state index is 12.3. The molecule has 21 heavy (non-hydrogen) atoms. The highest BCUT2D eigenvalue weighted by Gasteiger charge is 2.27. The van der Waals surface area contributed by atoms with Crippen molar-refractivity contribution in [3.05, 3.63) is 18.0 Å². The van der Waals surface area contributed by atoms with E-state index >= 15 is 0 Å². The van der Waals surface area contributed by atoms with Crippen molar-refractivity contribution in [2.24, 2.45) is 11.8 Å². The summed E-state index contributed by atoms with van der Waals surface area (Å²) >= 11 is 0. The van der Waals surface area contributed by atoms with Crippen LogP contribution in [-0.4, -0.2) is 17.0 Å². The fourth-order valence-corrected chi connectivity index (χ4v) is 3.44. The lowest BCUT2D eigenvalue weighted by molar-refractivity contribution is 0.0940. The summed E-state index contributed by atoms with van der Waals surface area (Å²) in [7, 11) is 0. The van der Waals surface area contributed by atoms with Gasteiger partial charge >= 0.3 is 0 Å². The van der Waals surface area contributed by atoms with Crippen molar-refractivity contribution >= 4 is 11.6 Å². The fraction of sp³-hybridized carbons (Fsp3) is 0.706. The van der Waals surface area contributed by atoms with Crippen LogP contribution in [0.3, 0.4) is 0 Å². The molecule has 3 rings (SSSR count). The van der Waals surface area contributed by atoms with Crippen molar-refractivity contribution in [1.29, 1.82) is 0 Å². The molecule has 1 heterocycles. The van der Waals surface area contributed by atoms with E-state index in [-0.39, 0.29) is 5.91 Å². The minimum Gasteiger partial charge on any atom is -0.397 e. The zero-order valence-corrected chi connectivity index (χ0v) is 13.0. The van der Waals surface area contributed by atoms with Crippen LogP contribution in [0, 0.1) is 11.8 Å². The number of nitrogens with one attached hydrogen (secondary N) is 1. The van der Waals surface area contributed by atoms with Crippen molar-refractivity contribution in [1.82, 2.24) is 9.88 Å². The van der Waals surface area contributed by atoms with Gasteiger partial charge in [0.2, 0.25) is 0 Å². The molecule has 0 atom stereocenters. The topological polar surface area (TPSA) is 60.1 Å². The molecule has 1 aromatic rings. The molecule has 1 aromatic heterocycles. The number of nitrogen functional groups attached to an aromatic ring is 1. The smallest absolute Gasteiger partial charge is 0.267 e. The summed E-state index contributed by atoms with van der Waals surface area (Å²) in [6, 6.07) is 2.29. The van der Waals surface area contributed by atoms with Crippen LogP contribution in [0.1, 0.15) is 68.4 Å². The second kappa shape index (κ2) is 6.12. The van der Waals surface area contributed by atoms with Gasteiger partial charge in [-0.25, -0.2) is 0 Å².